The Hall–Kier alpha value is -2.47. The first kappa shape index (κ1) is 19.3. The Morgan fingerprint density at radius 2 is 2.15 bits per heavy atom. The zero-order valence-electron chi connectivity index (χ0n) is 15.4. The average Bonchev–Trinajstić information content (AvgIpc) is 3.06. The fraction of sp³-hybridized carbons (Fsp3) is 0.381. The number of nitrogens with zero attached hydrogens (tertiary/aromatic N) is 1. The van der Waals surface area contributed by atoms with Crippen LogP contribution in [-0.4, -0.2) is 23.5 Å². The van der Waals surface area contributed by atoms with E-state index >= 15 is 0 Å². The van der Waals surface area contributed by atoms with Crippen molar-refractivity contribution in [2.45, 2.75) is 44.9 Å². The highest BCUT2D eigenvalue weighted by molar-refractivity contribution is 7.10. The van der Waals surface area contributed by atoms with E-state index in [9.17, 15) is 9.59 Å². The first-order valence-electron chi connectivity index (χ1n) is 9.33. The Morgan fingerprint density at radius 1 is 1.30 bits per heavy atom. The van der Waals surface area contributed by atoms with Gasteiger partial charge in [0.15, 0.2) is 0 Å². The molecule has 1 heterocycles. The zero-order chi connectivity index (χ0) is 19.1. The van der Waals surface area contributed by atoms with E-state index in [0.717, 1.165) is 10.6 Å². The molecule has 1 aromatic carbocycles. The van der Waals surface area contributed by atoms with Gasteiger partial charge in [-0.25, -0.2) is 4.98 Å². The smallest absolute Gasteiger partial charge is 0.306 e. The number of carbonyl (C=O) groups is 2. The fourth-order valence-electron chi connectivity index (χ4n) is 2.83. The molecule has 0 spiro atoms. The summed E-state index contributed by atoms with van der Waals surface area (Å²) in [5, 5.41) is 5.98. The van der Waals surface area contributed by atoms with Crippen LogP contribution < -0.4 is 5.32 Å². The number of amides is 1. The number of rotatable bonds is 8. The van der Waals surface area contributed by atoms with Crippen LogP contribution in [0, 0.1) is 0 Å². The van der Waals surface area contributed by atoms with Crippen molar-refractivity contribution in [3.63, 3.8) is 0 Å². The molecule has 0 bridgehead atoms. The summed E-state index contributed by atoms with van der Waals surface area (Å²) in [6.07, 6.45) is 8.03. The maximum atomic E-state index is 12.0. The third-order valence-electron chi connectivity index (χ3n) is 4.51. The van der Waals surface area contributed by atoms with Crippen molar-refractivity contribution in [3.8, 4) is 0 Å². The Kier molecular flexibility index (Phi) is 6.76. The van der Waals surface area contributed by atoms with Crippen LogP contribution in [0.1, 0.15) is 61.2 Å². The van der Waals surface area contributed by atoms with Crippen molar-refractivity contribution >= 4 is 41.1 Å². The minimum Gasteiger partial charge on any atom is -0.466 e. The number of benzene rings is 1. The molecule has 0 unspecified atom stereocenters. The van der Waals surface area contributed by atoms with Gasteiger partial charge >= 0.3 is 5.97 Å². The van der Waals surface area contributed by atoms with Gasteiger partial charge in [-0.2, -0.15) is 0 Å². The van der Waals surface area contributed by atoms with Gasteiger partial charge < -0.3 is 10.1 Å². The molecule has 5 nitrogen and oxygen atoms in total. The SMILES string of the molecule is CCOC(=O)CCC(=O)Nc1cccc(C=Cc2nc(C3CCC3)cs2)c1. The molecule has 1 aliphatic rings. The van der Waals surface area contributed by atoms with Crippen molar-refractivity contribution < 1.29 is 14.3 Å². The van der Waals surface area contributed by atoms with Crippen LogP contribution in [0.2, 0.25) is 0 Å². The van der Waals surface area contributed by atoms with E-state index in [2.05, 4.69) is 10.7 Å². The van der Waals surface area contributed by atoms with Gasteiger partial charge in [-0.15, -0.1) is 11.3 Å². The summed E-state index contributed by atoms with van der Waals surface area (Å²) in [4.78, 5) is 28.0. The van der Waals surface area contributed by atoms with Crippen molar-refractivity contribution in [1.29, 1.82) is 0 Å². The lowest BCUT2D eigenvalue weighted by atomic mass is 9.83. The third-order valence-corrected chi connectivity index (χ3v) is 5.34. The van der Waals surface area contributed by atoms with Gasteiger partial charge in [-0.1, -0.05) is 24.6 Å². The van der Waals surface area contributed by atoms with E-state index in [1.165, 1.54) is 25.0 Å². The molecule has 0 atom stereocenters. The molecule has 0 saturated heterocycles. The third kappa shape index (κ3) is 5.76. The van der Waals surface area contributed by atoms with E-state index < -0.39 is 0 Å². The second-order valence-electron chi connectivity index (χ2n) is 6.55. The maximum Gasteiger partial charge on any atom is 0.306 e. The molecule has 0 radical (unpaired) electrons. The number of aromatic nitrogens is 1. The predicted molar refractivity (Wildman–Crippen MR) is 109 cm³/mol. The standard InChI is InChI=1S/C21H24N2O3S/c1-2-26-21(25)12-10-19(24)22-17-8-3-5-15(13-17)9-11-20-23-18(14-27-20)16-6-4-7-16/h3,5,8-9,11,13-14,16H,2,4,6-7,10,12H2,1H3,(H,22,24). The first-order valence-corrected chi connectivity index (χ1v) is 10.2. The quantitative estimate of drug-likeness (QED) is 0.660. The zero-order valence-corrected chi connectivity index (χ0v) is 16.3. The average molecular weight is 385 g/mol. The van der Waals surface area contributed by atoms with Crippen molar-refractivity contribution in [2.75, 3.05) is 11.9 Å². The first-order chi connectivity index (χ1) is 13.1. The largest absolute Gasteiger partial charge is 0.466 e. The summed E-state index contributed by atoms with van der Waals surface area (Å²) >= 11 is 1.66. The Balaban J connectivity index is 1.54. The molecular formula is C21H24N2O3S. The monoisotopic (exact) mass is 384 g/mol. The highest BCUT2D eigenvalue weighted by atomic mass is 32.1. The van der Waals surface area contributed by atoms with Crippen LogP contribution in [0.4, 0.5) is 5.69 Å². The fourth-order valence-corrected chi connectivity index (χ4v) is 3.62. The number of anilines is 1. The number of ether oxygens (including phenoxy) is 1. The number of hydrogen-bond acceptors (Lipinski definition) is 5. The Bertz CT molecular complexity index is 824. The molecule has 1 amide bonds. The second kappa shape index (κ2) is 9.46. The molecule has 1 N–H and O–H groups in total. The lowest BCUT2D eigenvalue weighted by Gasteiger charge is -2.22. The van der Waals surface area contributed by atoms with Gasteiger partial charge in [0.25, 0.3) is 0 Å². The molecular weight excluding hydrogens is 360 g/mol. The molecule has 1 aliphatic carbocycles. The molecule has 0 aliphatic heterocycles. The second-order valence-corrected chi connectivity index (χ2v) is 7.44. The molecule has 1 saturated carbocycles. The van der Waals surface area contributed by atoms with Gasteiger partial charge in [-0.05, 0) is 43.5 Å². The van der Waals surface area contributed by atoms with E-state index in [1.54, 1.807) is 18.3 Å². The minimum atomic E-state index is -0.353. The summed E-state index contributed by atoms with van der Waals surface area (Å²) in [5.74, 6) is 0.0971. The highest BCUT2D eigenvalue weighted by Gasteiger charge is 2.21. The van der Waals surface area contributed by atoms with Gasteiger partial charge in [0.05, 0.1) is 18.7 Å². The van der Waals surface area contributed by atoms with Crippen LogP contribution in [0.5, 0.6) is 0 Å². The minimum absolute atomic E-state index is 0.0899. The molecule has 6 heteroatoms. The van der Waals surface area contributed by atoms with Gasteiger partial charge in [0.1, 0.15) is 5.01 Å². The van der Waals surface area contributed by atoms with Crippen molar-refractivity contribution in [3.05, 3.63) is 45.9 Å². The van der Waals surface area contributed by atoms with E-state index in [1.807, 2.05) is 36.4 Å². The number of thiazole rings is 1. The van der Waals surface area contributed by atoms with Gasteiger partial charge in [0.2, 0.25) is 5.91 Å². The van der Waals surface area contributed by atoms with Crippen LogP contribution in [-0.2, 0) is 14.3 Å². The van der Waals surface area contributed by atoms with E-state index in [-0.39, 0.29) is 24.7 Å². The van der Waals surface area contributed by atoms with Gasteiger partial charge in [-0.3, -0.25) is 9.59 Å². The van der Waals surface area contributed by atoms with Crippen LogP contribution in [0.3, 0.4) is 0 Å². The van der Waals surface area contributed by atoms with Crippen LogP contribution >= 0.6 is 11.3 Å². The number of carbonyl (C=O) groups excluding carboxylic acids is 2. The number of esters is 1. The molecule has 142 valence electrons. The molecule has 3 rings (SSSR count). The van der Waals surface area contributed by atoms with E-state index in [4.69, 9.17) is 9.72 Å². The van der Waals surface area contributed by atoms with Crippen molar-refractivity contribution in [2.24, 2.45) is 0 Å². The summed E-state index contributed by atoms with van der Waals surface area (Å²) < 4.78 is 4.83. The Morgan fingerprint density at radius 3 is 2.89 bits per heavy atom. The topological polar surface area (TPSA) is 68.3 Å². The predicted octanol–water partition coefficient (Wildman–Crippen LogP) is 4.86. The molecule has 27 heavy (non-hydrogen) atoms. The Labute approximate surface area is 163 Å². The summed E-state index contributed by atoms with van der Waals surface area (Å²) in [5.41, 5.74) is 2.91. The molecule has 2 aromatic rings. The lowest BCUT2D eigenvalue weighted by molar-refractivity contribution is -0.144. The van der Waals surface area contributed by atoms with Crippen LogP contribution in [0.25, 0.3) is 12.2 Å². The highest BCUT2D eigenvalue weighted by Crippen LogP contribution is 2.36. The van der Waals surface area contributed by atoms with Gasteiger partial charge in [0, 0.05) is 23.4 Å². The maximum absolute atomic E-state index is 12.0. The number of hydrogen-bond donors (Lipinski definition) is 1. The summed E-state index contributed by atoms with van der Waals surface area (Å²) in [6, 6.07) is 7.60. The molecule has 1 fully saturated rings. The normalized spacial score (nSPS) is 14.1. The number of nitrogens with one attached hydrogen (secondary N) is 1. The van der Waals surface area contributed by atoms with Crippen molar-refractivity contribution in [1.82, 2.24) is 4.98 Å². The summed E-state index contributed by atoms with van der Waals surface area (Å²) in [6.45, 7) is 2.08. The lowest BCUT2D eigenvalue weighted by Crippen LogP contribution is -2.14. The summed E-state index contributed by atoms with van der Waals surface area (Å²) in [7, 11) is 0. The molecule has 1 aromatic heterocycles. The van der Waals surface area contributed by atoms with Crippen LogP contribution in [0.15, 0.2) is 29.6 Å². The van der Waals surface area contributed by atoms with E-state index in [0.29, 0.717) is 18.2 Å².